The molecule has 2 saturated heterocycles. The van der Waals surface area contributed by atoms with Gasteiger partial charge in [-0.3, -0.25) is 0 Å². The molecule has 1 aromatic heterocycles. The maximum atomic E-state index is 9.43. The number of quaternary nitrogens is 1. The highest BCUT2D eigenvalue weighted by molar-refractivity contribution is 5.83. The largest absolute Gasteiger partial charge is 0.508 e. The lowest BCUT2D eigenvalue weighted by atomic mass is 10.0. The average Bonchev–Trinajstić information content (AvgIpc) is 3.28. The summed E-state index contributed by atoms with van der Waals surface area (Å²) in [5, 5.41) is 14.4. The second-order valence-corrected chi connectivity index (χ2v) is 7.44. The number of aromatic nitrogens is 1. The van der Waals surface area contributed by atoms with Crippen molar-refractivity contribution in [3.8, 4) is 5.75 Å². The number of fused-ring (bicyclic) bond motifs is 2. The predicted octanol–water partition coefficient (Wildman–Crippen LogP) is 2.72. The first-order valence-electron chi connectivity index (χ1n) is 9.35. The minimum Gasteiger partial charge on any atom is -0.508 e. The number of phenols is 1. The van der Waals surface area contributed by atoms with Crippen molar-refractivity contribution in [2.75, 3.05) is 19.6 Å². The summed E-state index contributed by atoms with van der Waals surface area (Å²) >= 11 is 0. The van der Waals surface area contributed by atoms with E-state index in [1.165, 1.54) is 22.0 Å². The molecule has 26 heavy (non-hydrogen) atoms. The fourth-order valence-corrected chi connectivity index (χ4v) is 4.29. The van der Waals surface area contributed by atoms with Gasteiger partial charge in [0.05, 0.1) is 6.04 Å². The first kappa shape index (κ1) is 15.9. The Morgan fingerprint density at radius 3 is 2.85 bits per heavy atom. The van der Waals surface area contributed by atoms with Gasteiger partial charge in [-0.05, 0) is 35.7 Å². The van der Waals surface area contributed by atoms with Crippen LogP contribution in [-0.2, 0) is 17.7 Å². The van der Waals surface area contributed by atoms with E-state index in [1.807, 2.05) is 12.1 Å². The van der Waals surface area contributed by atoms with Crippen molar-refractivity contribution in [2.24, 2.45) is 0 Å². The molecule has 134 valence electrons. The lowest BCUT2D eigenvalue weighted by molar-refractivity contribution is -0.923. The molecule has 2 aliphatic heterocycles. The number of rotatable bonds is 5. The Labute approximate surface area is 152 Å². The molecule has 2 fully saturated rings. The second kappa shape index (κ2) is 6.13. The van der Waals surface area contributed by atoms with Crippen LogP contribution < -0.4 is 5.32 Å². The predicted molar refractivity (Wildman–Crippen MR) is 100 cm³/mol. The number of aromatic amines is 1. The van der Waals surface area contributed by atoms with E-state index in [4.69, 9.17) is 4.84 Å². The number of aromatic hydroxyl groups is 1. The summed E-state index contributed by atoms with van der Waals surface area (Å²) in [6, 6.07) is 16.3. The van der Waals surface area contributed by atoms with E-state index in [0.29, 0.717) is 11.8 Å². The Morgan fingerprint density at radius 2 is 1.96 bits per heavy atom. The number of piperazine rings is 1. The van der Waals surface area contributed by atoms with E-state index in [2.05, 4.69) is 40.8 Å². The van der Waals surface area contributed by atoms with Gasteiger partial charge in [0.25, 0.3) is 6.23 Å². The van der Waals surface area contributed by atoms with Crippen molar-refractivity contribution in [3.63, 3.8) is 0 Å². The van der Waals surface area contributed by atoms with Crippen LogP contribution in [0.5, 0.6) is 5.75 Å². The minimum absolute atomic E-state index is 0.245. The van der Waals surface area contributed by atoms with Crippen LogP contribution in [0.25, 0.3) is 10.9 Å². The molecule has 0 radical (unpaired) electrons. The van der Waals surface area contributed by atoms with Crippen molar-refractivity contribution < 1.29 is 14.6 Å². The van der Waals surface area contributed by atoms with Crippen LogP contribution >= 0.6 is 0 Å². The molecule has 0 amide bonds. The summed E-state index contributed by atoms with van der Waals surface area (Å²) in [5.74, 6) is 0.322. The smallest absolute Gasteiger partial charge is 0.289 e. The van der Waals surface area contributed by atoms with Gasteiger partial charge in [0.1, 0.15) is 18.8 Å². The number of phenolic OH excluding ortho intramolecular Hbond substituents is 1. The summed E-state index contributed by atoms with van der Waals surface area (Å²) < 4.78 is 0.765. The van der Waals surface area contributed by atoms with E-state index in [0.717, 1.165) is 37.1 Å². The van der Waals surface area contributed by atoms with Crippen molar-refractivity contribution in [1.82, 2.24) is 10.3 Å². The van der Waals surface area contributed by atoms with Gasteiger partial charge in [-0.2, -0.15) is 0 Å². The SMILES string of the molecule is Oc1ccc(CC[N@+]23CCNC(Cc4c[nH]c5ccccc45)C2O3)cc1. The highest BCUT2D eigenvalue weighted by Crippen LogP contribution is 2.39. The number of hydroxylamine groups is 3. The molecule has 5 rings (SSSR count). The molecular weight excluding hydrogens is 326 g/mol. The van der Waals surface area contributed by atoms with Crippen molar-refractivity contribution in [2.45, 2.75) is 25.1 Å². The number of hydrogen-bond donors (Lipinski definition) is 3. The average molecular weight is 350 g/mol. The molecule has 0 aliphatic carbocycles. The fraction of sp³-hybridized carbons (Fsp3) is 0.333. The molecule has 5 nitrogen and oxygen atoms in total. The molecule has 3 heterocycles. The Balaban J connectivity index is 1.27. The summed E-state index contributed by atoms with van der Waals surface area (Å²) in [6.45, 7) is 2.99. The molecule has 0 bridgehead atoms. The zero-order chi connectivity index (χ0) is 17.6. The third kappa shape index (κ3) is 2.78. The number of nitrogens with one attached hydrogen (secondary N) is 2. The highest BCUT2D eigenvalue weighted by atomic mass is 16.9. The quantitative estimate of drug-likeness (QED) is 0.490. The molecule has 0 spiro atoms. The monoisotopic (exact) mass is 350 g/mol. The maximum Gasteiger partial charge on any atom is 0.289 e. The van der Waals surface area contributed by atoms with Crippen molar-refractivity contribution in [3.05, 3.63) is 65.9 Å². The standard InChI is InChI=1S/C21H23N3O2/c25-17-7-5-15(6-8-17)9-11-24-12-10-22-20(21(24)26-24)13-16-14-23-19-4-2-1-3-18(16)19/h1-8,14,20-23H,9-13H2/p+1/t20?,21?,24-/m0/s1. The second-order valence-electron chi connectivity index (χ2n) is 7.44. The molecule has 3 N–H and O–H groups in total. The van der Waals surface area contributed by atoms with Gasteiger partial charge in [-0.25, -0.2) is 0 Å². The maximum absolute atomic E-state index is 9.43. The van der Waals surface area contributed by atoms with E-state index in [1.54, 1.807) is 12.1 Å². The van der Waals surface area contributed by atoms with Crippen LogP contribution in [0.2, 0.25) is 0 Å². The number of nitrogens with zero attached hydrogens (tertiary/aromatic N) is 1. The number of para-hydroxylation sites is 1. The molecular formula is C21H24N3O2+. The summed E-state index contributed by atoms with van der Waals surface area (Å²) in [4.78, 5) is 9.57. The molecule has 2 unspecified atom stereocenters. The van der Waals surface area contributed by atoms with Gasteiger partial charge in [0, 0.05) is 30.1 Å². The van der Waals surface area contributed by atoms with Crippen LogP contribution in [0.3, 0.4) is 0 Å². The van der Waals surface area contributed by atoms with E-state index < -0.39 is 0 Å². The number of benzene rings is 2. The molecule has 2 aliphatic rings. The molecule has 5 heteroatoms. The Bertz CT molecular complexity index is 920. The first-order chi connectivity index (χ1) is 12.7. The first-order valence-corrected chi connectivity index (χ1v) is 9.35. The zero-order valence-electron chi connectivity index (χ0n) is 14.7. The normalized spacial score (nSPS) is 27.4. The van der Waals surface area contributed by atoms with Gasteiger partial charge in [-0.1, -0.05) is 30.3 Å². The molecule has 0 saturated carbocycles. The third-order valence-corrected chi connectivity index (χ3v) is 5.81. The zero-order valence-corrected chi connectivity index (χ0v) is 14.7. The van der Waals surface area contributed by atoms with Crippen LogP contribution in [-0.4, -0.2) is 46.6 Å². The van der Waals surface area contributed by atoms with Gasteiger partial charge in [0.2, 0.25) is 0 Å². The van der Waals surface area contributed by atoms with Gasteiger partial charge >= 0.3 is 0 Å². The van der Waals surface area contributed by atoms with Gasteiger partial charge in [0.15, 0.2) is 0 Å². The van der Waals surface area contributed by atoms with E-state index in [9.17, 15) is 5.11 Å². The Hall–Kier alpha value is -2.34. The summed E-state index contributed by atoms with van der Waals surface area (Å²) in [5.41, 5.74) is 3.80. The summed E-state index contributed by atoms with van der Waals surface area (Å²) in [6.07, 6.45) is 4.33. The van der Waals surface area contributed by atoms with Crippen molar-refractivity contribution in [1.29, 1.82) is 0 Å². The van der Waals surface area contributed by atoms with E-state index in [-0.39, 0.29) is 6.23 Å². The van der Waals surface area contributed by atoms with Crippen LogP contribution in [0.1, 0.15) is 11.1 Å². The van der Waals surface area contributed by atoms with Crippen LogP contribution in [0.4, 0.5) is 0 Å². The molecule has 3 atom stereocenters. The lowest BCUT2D eigenvalue weighted by Gasteiger charge is -2.24. The topological polar surface area (TPSA) is 60.6 Å². The summed E-state index contributed by atoms with van der Waals surface area (Å²) in [7, 11) is 0. The fourth-order valence-electron chi connectivity index (χ4n) is 4.29. The lowest BCUT2D eigenvalue weighted by Crippen LogP contribution is -2.52. The molecule has 2 aromatic carbocycles. The Kier molecular flexibility index (Phi) is 3.74. The highest BCUT2D eigenvalue weighted by Gasteiger charge is 2.64. The number of hydrogen-bond acceptors (Lipinski definition) is 3. The van der Waals surface area contributed by atoms with Crippen molar-refractivity contribution >= 4 is 10.9 Å². The number of H-pyrrole nitrogens is 1. The molecule has 3 aromatic rings. The van der Waals surface area contributed by atoms with E-state index >= 15 is 0 Å². The minimum atomic E-state index is 0.245. The Morgan fingerprint density at radius 1 is 1.12 bits per heavy atom. The van der Waals surface area contributed by atoms with Crippen LogP contribution in [0, 0.1) is 0 Å². The van der Waals surface area contributed by atoms with Gasteiger partial charge < -0.3 is 15.4 Å². The van der Waals surface area contributed by atoms with Crippen LogP contribution in [0.15, 0.2) is 54.7 Å². The van der Waals surface area contributed by atoms with Gasteiger partial charge in [-0.15, -0.1) is 9.48 Å². The third-order valence-electron chi connectivity index (χ3n) is 5.81.